The summed E-state index contributed by atoms with van der Waals surface area (Å²) in [5.41, 5.74) is 2.80. The highest BCUT2D eigenvalue weighted by Crippen LogP contribution is 2.61. The van der Waals surface area contributed by atoms with Crippen molar-refractivity contribution in [2.75, 3.05) is 24.6 Å². The summed E-state index contributed by atoms with van der Waals surface area (Å²) in [5.74, 6) is 1.20. The largest absolute Gasteiger partial charge is 0.454 e. The van der Waals surface area contributed by atoms with Gasteiger partial charge in [0.2, 0.25) is 5.91 Å². The first-order valence-corrected chi connectivity index (χ1v) is 12.4. The average Bonchev–Trinajstić information content (AvgIpc) is 2.74. The molecule has 1 aromatic rings. The number of esters is 1. The van der Waals surface area contributed by atoms with E-state index in [0.29, 0.717) is 12.1 Å². The molecule has 0 heterocycles. The number of carbonyl (C=O) groups is 3. The van der Waals surface area contributed by atoms with Crippen molar-refractivity contribution in [3.63, 3.8) is 0 Å². The van der Waals surface area contributed by atoms with Gasteiger partial charge in [-0.3, -0.25) is 14.4 Å². The van der Waals surface area contributed by atoms with Crippen LogP contribution in [-0.2, 0) is 19.1 Å². The highest BCUT2D eigenvalue weighted by molar-refractivity contribution is 5.95. The van der Waals surface area contributed by atoms with Crippen LogP contribution in [0.4, 0.5) is 5.69 Å². The third-order valence-corrected chi connectivity index (χ3v) is 7.75. The van der Waals surface area contributed by atoms with Crippen LogP contribution in [0.25, 0.3) is 0 Å². The van der Waals surface area contributed by atoms with Crippen molar-refractivity contribution in [2.24, 2.45) is 23.2 Å². The number of ether oxygens (including phenoxy) is 1. The lowest BCUT2D eigenvalue weighted by Crippen LogP contribution is -2.48. The molecule has 34 heavy (non-hydrogen) atoms. The van der Waals surface area contributed by atoms with E-state index in [9.17, 15) is 14.4 Å². The minimum atomic E-state index is -0.632. The van der Waals surface area contributed by atoms with E-state index in [0.717, 1.165) is 48.1 Å². The third kappa shape index (κ3) is 5.78. The molecule has 7 nitrogen and oxygen atoms in total. The number of nitrogens with zero attached hydrogens (tertiary/aromatic N) is 2. The summed E-state index contributed by atoms with van der Waals surface area (Å²) >= 11 is 0. The Morgan fingerprint density at radius 1 is 1.06 bits per heavy atom. The van der Waals surface area contributed by atoms with Crippen molar-refractivity contribution in [1.29, 1.82) is 5.26 Å². The van der Waals surface area contributed by atoms with Gasteiger partial charge in [0.15, 0.2) is 6.61 Å². The van der Waals surface area contributed by atoms with Gasteiger partial charge in [-0.05, 0) is 98.8 Å². The number of hydrogen-bond donors (Lipinski definition) is 1. The maximum atomic E-state index is 12.8. The Bertz CT molecular complexity index is 941. The van der Waals surface area contributed by atoms with E-state index >= 15 is 0 Å². The van der Waals surface area contributed by atoms with Crippen molar-refractivity contribution in [3.05, 3.63) is 29.3 Å². The second kappa shape index (κ2) is 10.2. The van der Waals surface area contributed by atoms with Gasteiger partial charge < -0.3 is 15.0 Å². The van der Waals surface area contributed by atoms with E-state index in [2.05, 4.69) is 11.4 Å². The molecule has 0 spiro atoms. The second-order valence-corrected chi connectivity index (χ2v) is 10.8. The maximum Gasteiger partial charge on any atom is 0.325 e. The molecule has 0 aliphatic heterocycles. The van der Waals surface area contributed by atoms with E-state index in [4.69, 9.17) is 10.00 Å². The molecule has 1 N–H and O–H groups in total. The number of nitriles is 1. The molecule has 4 saturated carbocycles. The van der Waals surface area contributed by atoms with Crippen LogP contribution in [0.3, 0.4) is 0 Å². The number of hydrogen-bond acceptors (Lipinski definition) is 5. The Labute approximate surface area is 201 Å². The predicted molar refractivity (Wildman–Crippen MR) is 128 cm³/mol. The molecule has 0 radical (unpaired) electrons. The number of aryl methyl sites for hydroxylation is 2. The smallest absolute Gasteiger partial charge is 0.325 e. The van der Waals surface area contributed by atoms with Crippen molar-refractivity contribution in [3.8, 4) is 6.07 Å². The number of anilines is 1. The van der Waals surface area contributed by atoms with Crippen LogP contribution in [0.5, 0.6) is 0 Å². The molecule has 4 fully saturated rings. The van der Waals surface area contributed by atoms with Crippen molar-refractivity contribution in [1.82, 2.24) is 5.32 Å². The van der Waals surface area contributed by atoms with Gasteiger partial charge in [-0.25, -0.2) is 0 Å². The lowest BCUT2D eigenvalue weighted by Gasteiger charge is -2.56. The second-order valence-electron chi connectivity index (χ2n) is 10.8. The minimum absolute atomic E-state index is 0.101. The van der Waals surface area contributed by atoms with Crippen LogP contribution >= 0.6 is 0 Å². The van der Waals surface area contributed by atoms with Gasteiger partial charge in [-0.2, -0.15) is 5.26 Å². The first-order valence-electron chi connectivity index (χ1n) is 12.4. The average molecular weight is 466 g/mol. The SMILES string of the molecule is Cc1cc(C)cc(N(CCC#N)C(=O)COC(=O)CNC(=O)CC23CC4CC(CC(C4)C2)C3)c1. The topological polar surface area (TPSA) is 99.5 Å². The van der Waals surface area contributed by atoms with E-state index < -0.39 is 18.5 Å². The fraction of sp³-hybridized carbons (Fsp3) is 0.630. The van der Waals surface area contributed by atoms with Gasteiger partial charge in [-0.1, -0.05) is 6.07 Å². The third-order valence-electron chi connectivity index (χ3n) is 7.75. The van der Waals surface area contributed by atoms with Crippen LogP contribution < -0.4 is 10.2 Å². The normalized spacial score (nSPS) is 26.6. The molecule has 0 atom stereocenters. The summed E-state index contributed by atoms with van der Waals surface area (Å²) in [6.45, 7) is 3.44. The first-order chi connectivity index (χ1) is 16.2. The number of rotatable bonds is 9. The number of amides is 2. The van der Waals surface area contributed by atoms with Crippen LogP contribution in [0.2, 0.25) is 0 Å². The van der Waals surface area contributed by atoms with Crippen LogP contribution in [0, 0.1) is 48.3 Å². The van der Waals surface area contributed by atoms with Crippen LogP contribution in [0.1, 0.15) is 62.5 Å². The molecular formula is C27H35N3O4. The van der Waals surface area contributed by atoms with Crippen LogP contribution in [0.15, 0.2) is 18.2 Å². The van der Waals surface area contributed by atoms with E-state index in [1.165, 1.54) is 24.2 Å². The molecule has 0 unspecified atom stereocenters. The molecule has 182 valence electrons. The van der Waals surface area contributed by atoms with Crippen molar-refractivity contribution in [2.45, 2.75) is 65.2 Å². The zero-order chi connectivity index (χ0) is 24.3. The Morgan fingerprint density at radius 3 is 2.21 bits per heavy atom. The molecule has 0 saturated heterocycles. The Morgan fingerprint density at radius 2 is 1.65 bits per heavy atom. The molecule has 1 aromatic carbocycles. The lowest BCUT2D eigenvalue weighted by atomic mass is 9.49. The summed E-state index contributed by atoms with van der Waals surface area (Å²) in [6, 6.07) is 7.80. The van der Waals surface area contributed by atoms with Gasteiger partial charge in [0.1, 0.15) is 6.54 Å². The summed E-state index contributed by atoms with van der Waals surface area (Å²) < 4.78 is 5.16. The molecule has 2 amide bonds. The molecule has 4 aliphatic rings. The molecule has 4 aliphatic carbocycles. The standard InChI is InChI=1S/C27H35N3O4/c1-18-6-19(2)8-23(7-18)30(5-3-4-28)25(32)17-34-26(33)16-29-24(31)15-27-12-20-9-21(13-27)11-22(10-20)14-27/h6-8,20-22H,3,5,9-17H2,1-2H3,(H,29,31). The highest BCUT2D eigenvalue weighted by Gasteiger charge is 2.51. The highest BCUT2D eigenvalue weighted by atomic mass is 16.5. The van der Waals surface area contributed by atoms with Crippen molar-refractivity contribution >= 4 is 23.5 Å². The predicted octanol–water partition coefficient (Wildman–Crippen LogP) is 3.82. The molecule has 4 bridgehead atoms. The summed E-state index contributed by atoms with van der Waals surface area (Å²) in [6.07, 6.45) is 8.07. The molecule has 0 aromatic heterocycles. The van der Waals surface area contributed by atoms with Crippen LogP contribution in [-0.4, -0.2) is 37.5 Å². The summed E-state index contributed by atoms with van der Waals surface area (Å²) in [7, 11) is 0. The minimum Gasteiger partial charge on any atom is -0.454 e. The summed E-state index contributed by atoms with van der Waals surface area (Å²) in [5, 5.41) is 11.7. The van der Waals surface area contributed by atoms with E-state index in [-0.39, 0.29) is 30.8 Å². The Balaban J connectivity index is 1.25. The monoisotopic (exact) mass is 465 g/mol. The van der Waals surface area contributed by atoms with Crippen molar-refractivity contribution < 1.29 is 19.1 Å². The summed E-state index contributed by atoms with van der Waals surface area (Å²) in [4.78, 5) is 39.1. The van der Waals surface area contributed by atoms with Gasteiger partial charge in [0, 0.05) is 18.7 Å². The fourth-order valence-electron chi connectivity index (χ4n) is 7.02. The van der Waals surface area contributed by atoms with E-state index in [1.54, 1.807) is 0 Å². The quantitative estimate of drug-likeness (QED) is 0.559. The number of carbonyl (C=O) groups excluding carboxylic acids is 3. The first kappa shape index (κ1) is 24.3. The van der Waals surface area contributed by atoms with Gasteiger partial charge in [0.05, 0.1) is 12.5 Å². The van der Waals surface area contributed by atoms with Gasteiger partial charge in [-0.15, -0.1) is 0 Å². The Hall–Kier alpha value is -2.88. The fourth-order valence-corrected chi connectivity index (χ4v) is 7.02. The molecular weight excluding hydrogens is 430 g/mol. The van der Waals surface area contributed by atoms with Gasteiger partial charge in [0.25, 0.3) is 5.91 Å². The van der Waals surface area contributed by atoms with E-state index in [1.807, 2.05) is 32.0 Å². The zero-order valence-electron chi connectivity index (χ0n) is 20.3. The Kier molecular flexibility index (Phi) is 7.25. The number of nitrogens with one attached hydrogen (secondary N) is 1. The molecule has 5 rings (SSSR count). The number of benzene rings is 1. The van der Waals surface area contributed by atoms with Gasteiger partial charge >= 0.3 is 5.97 Å². The molecule has 7 heteroatoms. The maximum absolute atomic E-state index is 12.8. The zero-order valence-corrected chi connectivity index (χ0v) is 20.3. The lowest BCUT2D eigenvalue weighted by molar-refractivity contribution is -0.148.